The minimum absolute atomic E-state index is 0.889. The van der Waals surface area contributed by atoms with E-state index in [4.69, 9.17) is 0 Å². The molecule has 0 aromatic heterocycles. The summed E-state index contributed by atoms with van der Waals surface area (Å²) in [4.78, 5) is 0. The Morgan fingerprint density at radius 1 is 0.947 bits per heavy atom. The topological polar surface area (TPSA) is 12.0 Å². The van der Waals surface area contributed by atoms with Gasteiger partial charge in [-0.15, -0.1) is 0 Å². The number of hydrogen-bond acceptors (Lipinski definition) is 1. The molecule has 0 bridgehead atoms. The molecule has 0 heterocycles. The van der Waals surface area contributed by atoms with Gasteiger partial charge in [0.25, 0.3) is 0 Å². The number of rotatable bonds is 4. The van der Waals surface area contributed by atoms with Crippen molar-refractivity contribution in [1.82, 2.24) is 0 Å². The molecule has 1 N–H and O–H groups in total. The van der Waals surface area contributed by atoms with Crippen molar-refractivity contribution < 1.29 is 0 Å². The fourth-order valence-electron chi connectivity index (χ4n) is 2.64. The number of benzene rings is 2. The highest BCUT2D eigenvalue weighted by molar-refractivity contribution is 5.57. The number of anilines is 1. The van der Waals surface area contributed by atoms with Gasteiger partial charge < -0.3 is 5.32 Å². The second-order valence-electron chi connectivity index (χ2n) is 5.31. The van der Waals surface area contributed by atoms with Crippen LogP contribution in [0.1, 0.15) is 34.7 Å². The van der Waals surface area contributed by atoms with Crippen LogP contribution in [0.5, 0.6) is 0 Å². The Bertz CT molecular complexity index is 550. The zero-order chi connectivity index (χ0) is 13.8. The number of nitrogens with one attached hydrogen (secondary N) is 1. The van der Waals surface area contributed by atoms with Crippen molar-refractivity contribution in [2.45, 2.75) is 40.7 Å². The van der Waals surface area contributed by atoms with Crippen molar-refractivity contribution in [3.05, 3.63) is 64.2 Å². The standard InChI is InChI=1S/C18H23N/c1-5-17-8-6-7-15(4)18(17)19-12-16-10-13(2)9-14(3)11-16/h6-11,19H,5,12H2,1-4H3. The molecule has 0 saturated heterocycles. The lowest BCUT2D eigenvalue weighted by Gasteiger charge is -2.14. The summed E-state index contributed by atoms with van der Waals surface area (Å²) >= 11 is 0. The van der Waals surface area contributed by atoms with Crippen LogP contribution in [0.15, 0.2) is 36.4 Å². The minimum Gasteiger partial charge on any atom is -0.381 e. The summed E-state index contributed by atoms with van der Waals surface area (Å²) < 4.78 is 0. The van der Waals surface area contributed by atoms with Gasteiger partial charge in [0.1, 0.15) is 0 Å². The van der Waals surface area contributed by atoms with Gasteiger partial charge in [-0.25, -0.2) is 0 Å². The molecule has 0 saturated carbocycles. The third-order valence-corrected chi connectivity index (χ3v) is 3.49. The number of aryl methyl sites for hydroxylation is 4. The Morgan fingerprint density at radius 2 is 1.63 bits per heavy atom. The molecule has 2 aromatic rings. The van der Waals surface area contributed by atoms with Crippen LogP contribution in [-0.4, -0.2) is 0 Å². The smallest absolute Gasteiger partial charge is 0.0404 e. The van der Waals surface area contributed by atoms with E-state index in [1.54, 1.807) is 0 Å². The summed E-state index contributed by atoms with van der Waals surface area (Å²) in [6.07, 6.45) is 1.07. The summed E-state index contributed by atoms with van der Waals surface area (Å²) in [7, 11) is 0. The Hall–Kier alpha value is -1.76. The van der Waals surface area contributed by atoms with Crippen LogP contribution < -0.4 is 5.32 Å². The van der Waals surface area contributed by atoms with E-state index in [0.717, 1.165) is 13.0 Å². The molecule has 0 unspecified atom stereocenters. The van der Waals surface area contributed by atoms with Gasteiger partial charge in [0.15, 0.2) is 0 Å². The Balaban J connectivity index is 2.18. The molecule has 100 valence electrons. The molecule has 0 fully saturated rings. The highest BCUT2D eigenvalue weighted by atomic mass is 14.9. The number of para-hydroxylation sites is 1. The first-order valence-corrected chi connectivity index (χ1v) is 6.99. The molecular weight excluding hydrogens is 230 g/mol. The monoisotopic (exact) mass is 253 g/mol. The highest BCUT2D eigenvalue weighted by Gasteiger charge is 2.04. The van der Waals surface area contributed by atoms with Crippen LogP contribution in [-0.2, 0) is 13.0 Å². The van der Waals surface area contributed by atoms with Crippen LogP contribution in [0.3, 0.4) is 0 Å². The first kappa shape index (κ1) is 13.7. The van der Waals surface area contributed by atoms with Gasteiger partial charge in [0.2, 0.25) is 0 Å². The maximum absolute atomic E-state index is 3.60. The van der Waals surface area contributed by atoms with Gasteiger partial charge in [-0.1, -0.05) is 54.4 Å². The van der Waals surface area contributed by atoms with E-state index in [9.17, 15) is 0 Å². The van der Waals surface area contributed by atoms with Crippen molar-refractivity contribution >= 4 is 5.69 Å². The molecule has 2 aromatic carbocycles. The van der Waals surface area contributed by atoms with Crippen LogP contribution in [0.2, 0.25) is 0 Å². The van der Waals surface area contributed by atoms with Crippen molar-refractivity contribution in [1.29, 1.82) is 0 Å². The van der Waals surface area contributed by atoms with E-state index in [-0.39, 0.29) is 0 Å². The van der Waals surface area contributed by atoms with E-state index in [2.05, 4.69) is 69.4 Å². The van der Waals surface area contributed by atoms with Crippen molar-refractivity contribution in [2.75, 3.05) is 5.32 Å². The maximum atomic E-state index is 3.60. The second-order valence-corrected chi connectivity index (χ2v) is 5.31. The fourth-order valence-corrected chi connectivity index (χ4v) is 2.64. The summed E-state index contributed by atoms with van der Waals surface area (Å²) in [5.41, 5.74) is 8.02. The maximum Gasteiger partial charge on any atom is 0.0404 e. The zero-order valence-corrected chi connectivity index (χ0v) is 12.4. The number of hydrogen-bond donors (Lipinski definition) is 1. The van der Waals surface area contributed by atoms with Gasteiger partial charge in [-0.3, -0.25) is 0 Å². The summed E-state index contributed by atoms with van der Waals surface area (Å²) in [6.45, 7) is 9.57. The molecular formula is C18H23N. The molecule has 0 aliphatic heterocycles. The van der Waals surface area contributed by atoms with Gasteiger partial charge >= 0.3 is 0 Å². The van der Waals surface area contributed by atoms with Crippen LogP contribution in [0.4, 0.5) is 5.69 Å². The van der Waals surface area contributed by atoms with Gasteiger partial charge in [0, 0.05) is 12.2 Å². The molecule has 0 aliphatic rings. The van der Waals surface area contributed by atoms with E-state index in [0.29, 0.717) is 0 Å². The largest absolute Gasteiger partial charge is 0.381 e. The quantitative estimate of drug-likeness (QED) is 0.826. The van der Waals surface area contributed by atoms with Gasteiger partial charge in [0.05, 0.1) is 0 Å². The average Bonchev–Trinajstić information content (AvgIpc) is 2.36. The summed E-state index contributed by atoms with van der Waals surface area (Å²) in [5.74, 6) is 0. The lowest BCUT2D eigenvalue weighted by Crippen LogP contribution is -2.04. The Kier molecular flexibility index (Phi) is 4.26. The van der Waals surface area contributed by atoms with Crippen LogP contribution in [0.25, 0.3) is 0 Å². The SMILES string of the molecule is CCc1cccc(C)c1NCc1cc(C)cc(C)c1. The molecule has 0 amide bonds. The average molecular weight is 253 g/mol. The summed E-state index contributed by atoms with van der Waals surface area (Å²) in [6, 6.07) is 13.2. The molecule has 1 nitrogen and oxygen atoms in total. The van der Waals surface area contributed by atoms with Crippen LogP contribution in [0, 0.1) is 20.8 Å². The molecule has 0 aliphatic carbocycles. The molecule has 0 radical (unpaired) electrons. The van der Waals surface area contributed by atoms with Gasteiger partial charge in [-0.05, 0) is 43.9 Å². The lowest BCUT2D eigenvalue weighted by atomic mass is 10.0. The first-order chi connectivity index (χ1) is 9.10. The predicted molar refractivity (Wildman–Crippen MR) is 83.8 cm³/mol. The highest BCUT2D eigenvalue weighted by Crippen LogP contribution is 2.22. The third kappa shape index (κ3) is 3.37. The zero-order valence-electron chi connectivity index (χ0n) is 12.4. The van der Waals surface area contributed by atoms with E-state index < -0.39 is 0 Å². The van der Waals surface area contributed by atoms with Gasteiger partial charge in [-0.2, -0.15) is 0 Å². The molecule has 2 rings (SSSR count). The first-order valence-electron chi connectivity index (χ1n) is 6.99. The summed E-state index contributed by atoms with van der Waals surface area (Å²) in [5, 5.41) is 3.60. The molecule has 19 heavy (non-hydrogen) atoms. The second kappa shape index (κ2) is 5.92. The Morgan fingerprint density at radius 3 is 2.26 bits per heavy atom. The predicted octanol–water partition coefficient (Wildman–Crippen LogP) is 4.79. The third-order valence-electron chi connectivity index (χ3n) is 3.49. The lowest BCUT2D eigenvalue weighted by molar-refractivity contribution is 1.08. The van der Waals surface area contributed by atoms with E-state index in [1.807, 2.05) is 0 Å². The van der Waals surface area contributed by atoms with E-state index >= 15 is 0 Å². The molecule has 0 spiro atoms. The Labute approximate surface area is 116 Å². The molecule has 0 atom stereocenters. The fraction of sp³-hybridized carbons (Fsp3) is 0.333. The van der Waals surface area contributed by atoms with E-state index in [1.165, 1.54) is 33.5 Å². The van der Waals surface area contributed by atoms with Crippen molar-refractivity contribution in [3.63, 3.8) is 0 Å². The van der Waals surface area contributed by atoms with Crippen LogP contribution >= 0.6 is 0 Å². The van der Waals surface area contributed by atoms with Crippen molar-refractivity contribution in [2.24, 2.45) is 0 Å². The molecule has 1 heteroatoms. The minimum atomic E-state index is 0.889. The normalized spacial score (nSPS) is 10.5. The van der Waals surface area contributed by atoms with Crippen molar-refractivity contribution in [3.8, 4) is 0 Å².